The molecule has 0 aliphatic rings. The minimum absolute atomic E-state index is 0.0381. The lowest BCUT2D eigenvalue weighted by Gasteiger charge is -2.23. The molecule has 2 atom stereocenters. The maximum atomic E-state index is 12.7. The Morgan fingerprint density at radius 1 is 1.07 bits per heavy atom. The Bertz CT molecular complexity index is 785. The molecule has 0 spiro atoms. The van der Waals surface area contributed by atoms with E-state index in [1.54, 1.807) is 30.3 Å². The summed E-state index contributed by atoms with van der Waals surface area (Å²) in [5.41, 5.74) is 1.79. The van der Waals surface area contributed by atoms with E-state index in [0.717, 1.165) is 11.1 Å². The summed E-state index contributed by atoms with van der Waals surface area (Å²) in [4.78, 5) is 23.6. The number of carbonyl (C=O) groups is 2. The highest BCUT2D eigenvalue weighted by Gasteiger charge is 2.24. The van der Waals surface area contributed by atoms with Gasteiger partial charge in [-0.1, -0.05) is 38.1 Å². The average Bonchev–Trinajstić information content (AvgIpc) is 2.61. The van der Waals surface area contributed by atoms with E-state index in [-0.39, 0.29) is 35.8 Å². The van der Waals surface area contributed by atoms with Crippen LogP contribution in [0.25, 0.3) is 0 Å². The van der Waals surface area contributed by atoms with Crippen LogP contribution in [0.1, 0.15) is 48.3 Å². The third-order valence-corrected chi connectivity index (χ3v) is 4.22. The third-order valence-electron chi connectivity index (χ3n) is 4.22. The largest absolute Gasteiger partial charge is 0.508 e. The fourth-order valence-electron chi connectivity index (χ4n) is 2.70. The lowest BCUT2D eigenvalue weighted by atomic mass is 10.0. The number of aromatic hydroxyl groups is 1. The zero-order chi connectivity index (χ0) is 20.0. The fraction of sp³-hybridized carbons (Fsp3) is 0.333. The van der Waals surface area contributed by atoms with Crippen LogP contribution in [0.2, 0.25) is 0 Å². The van der Waals surface area contributed by atoms with Crippen molar-refractivity contribution < 1.29 is 24.5 Å². The van der Waals surface area contributed by atoms with Gasteiger partial charge in [-0.25, -0.2) is 4.79 Å². The second-order valence-corrected chi connectivity index (χ2v) is 6.80. The second-order valence-electron chi connectivity index (χ2n) is 6.80. The number of amides is 1. The first-order chi connectivity index (χ1) is 12.8. The van der Waals surface area contributed by atoms with Gasteiger partial charge in [0.1, 0.15) is 11.9 Å². The molecule has 27 heavy (non-hydrogen) atoms. The van der Waals surface area contributed by atoms with Gasteiger partial charge >= 0.3 is 5.97 Å². The second kappa shape index (κ2) is 9.19. The molecule has 2 aromatic rings. The molecule has 0 fully saturated rings. The van der Waals surface area contributed by atoms with Gasteiger partial charge in [0.25, 0.3) is 0 Å². The van der Waals surface area contributed by atoms with Crippen molar-refractivity contribution in [3.8, 4) is 5.75 Å². The number of carboxylic acid groups (broad SMARTS) is 1. The first-order valence-corrected chi connectivity index (χ1v) is 8.81. The average molecular weight is 371 g/mol. The molecule has 3 N–H and O–H groups in total. The Morgan fingerprint density at radius 3 is 2.30 bits per heavy atom. The van der Waals surface area contributed by atoms with Gasteiger partial charge < -0.3 is 20.3 Å². The molecule has 0 unspecified atom stereocenters. The summed E-state index contributed by atoms with van der Waals surface area (Å²) in [6.45, 7) is 5.85. The molecule has 0 aliphatic heterocycles. The van der Waals surface area contributed by atoms with Crippen LogP contribution >= 0.6 is 0 Å². The molecular weight excluding hydrogens is 346 g/mol. The highest BCUT2D eigenvalue weighted by atomic mass is 16.5. The smallest absolute Gasteiger partial charge is 0.335 e. The molecule has 2 aromatic carbocycles. The van der Waals surface area contributed by atoms with Gasteiger partial charge in [0.15, 0.2) is 0 Å². The van der Waals surface area contributed by atoms with Gasteiger partial charge in [-0.3, -0.25) is 4.79 Å². The van der Waals surface area contributed by atoms with Crippen LogP contribution in [-0.4, -0.2) is 28.2 Å². The summed E-state index contributed by atoms with van der Waals surface area (Å²) in [6.07, 6.45) is -0.645. The van der Waals surface area contributed by atoms with Crippen molar-refractivity contribution in [2.45, 2.75) is 39.5 Å². The molecule has 0 saturated carbocycles. The molecular formula is C21H25NO5. The van der Waals surface area contributed by atoms with Crippen LogP contribution in [-0.2, 0) is 16.1 Å². The van der Waals surface area contributed by atoms with Crippen LogP contribution < -0.4 is 5.32 Å². The van der Waals surface area contributed by atoms with Crippen LogP contribution in [0.4, 0.5) is 0 Å². The van der Waals surface area contributed by atoms with Crippen molar-refractivity contribution >= 4 is 11.9 Å². The lowest BCUT2D eigenvalue weighted by Crippen LogP contribution is -2.40. The number of phenols is 1. The SMILES string of the molecule is CC(C)[C@@H](OCc1cccc(O)c1)C(=O)N[C@@H](C)c1ccc(C(=O)O)cc1. The number of carbonyl (C=O) groups excluding carboxylic acids is 1. The maximum Gasteiger partial charge on any atom is 0.335 e. The summed E-state index contributed by atoms with van der Waals surface area (Å²) in [6, 6.07) is 12.8. The first kappa shape index (κ1) is 20.5. The summed E-state index contributed by atoms with van der Waals surface area (Å²) in [7, 11) is 0. The molecule has 2 rings (SSSR count). The summed E-state index contributed by atoms with van der Waals surface area (Å²) in [5.74, 6) is -1.11. The van der Waals surface area contributed by atoms with Gasteiger partial charge in [-0.15, -0.1) is 0 Å². The van der Waals surface area contributed by atoms with Gasteiger partial charge in [0.2, 0.25) is 5.91 Å². The molecule has 0 heterocycles. The van der Waals surface area contributed by atoms with E-state index in [1.807, 2.05) is 26.8 Å². The molecule has 0 saturated heterocycles. The predicted molar refractivity (Wildman–Crippen MR) is 101 cm³/mol. The normalized spacial score (nSPS) is 13.2. The molecule has 0 bridgehead atoms. The maximum absolute atomic E-state index is 12.7. The number of benzene rings is 2. The van der Waals surface area contributed by atoms with Crippen LogP contribution in [0, 0.1) is 5.92 Å². The quantitative estimate of drug-likeness (QED) is 0.660. The van der Waals surface area contributed by atoms with E-state index < -0.39 is 12.1 Å². The molecule has 0 aliphatic carbocycles. The molecule has 6 nitrogen and oxygen atoms in total. The molecule has 0 radical (unpaired) electrons. The standard InChI is InChI=1S/C21H25NO5/c1-13(2)19(27-12-15-5-4-6-18(23)11-15)20(24)22-14(3)16-7-9-17(10-8-16)21(25)26/h4-11,13-14,19,23H,12H2,1-3H3,(H,22,24)(H,25,26)/t14-,19+/m0/s1. The molecule has 6 heteroatoms. The Labute approximate surface area is 158 Å². The van der Waals surface area contributed by atoms with E-state index in [0.29, 0.717) is 0 Å². The van der Waals surface area contributed by atoms with Gasteiger partial charge in [0, 0.05) is 0 Å². The number of carboxylic acids is 1. The van der Waals surface area contributed by atoms with Crippen molar-refractivity contribution in [3.05, 3.63) is 65.2 Å². The topological polar surface area (TPSA) is 95.9 Å². The fourth-order valence-corrected chi connectivity index (χ4v) is 2.70. The van der Waals surface area contributed by atoms with Crippen molar-refractivity contribution in [2.24, 2.45) is 5.92 Å². The van der Waals surface area contributed by atoms with Gasteiger partial charge in [-0.05, 0) is 48.2 Å². The summed E-state index contributed by atoms with van der Waals surface area (Å²) < 4.78 is 5.79. The zero-order valence-corrected chi connectivity index (χ0v) is 15.7. The number of aromatic carboxylic acids is 1. The number of hydrogen-bond acceptors (Lipinski definition) is 4. The van der Waals surface area contributed by atoms with Crippen LogP contribution in [0.3, 0.4) is 0 Å². The minimum Gasteiger partial charge on any atom is -0.508 e. The summed E-state index contributed by atoms with van der Waals surface area (Å²) in [5, 5.41) is 21.4. The summed E-state index contributed by atoms with van der Waals surface area (Å²) >= 11 is 0. The van der Waals surface area contributed by atoms with E-state index in [4.69, 9.17) is 9.84 Å². The Kier molecular flexibility index (Phi) is 6.96. The predicted octanol–water partition coefficient (Wildman–Crippen LogP) is 3.51. The Balaban J connectivity index is 2.00. The van der Waals surface area contributed by atoms with Gasteiger partial charge in [-0.2, -0.15) is 0 Å². The number of nitrogens with one attached hydrogen (secondary N) is 1. The molecule has 144 valence electrons. The van der Waals surface area contributed by atoms with E-state index in [9.17, 15) is 14.7 Å². The van der Waals surface area contributed by atoms with Crippen molar-refractivity contribution in [2.75, 3.05) is 0 Å². The Morgan fingerprint density at radius 2 is 1.74 bits per heavy atom. The van der Waals surface area contributed by atoms with E-state index >= 15 is 0 Å². The number of rotatable bonds is 8. The first-order valence-electron chi connectivity index (χ1n) is 8.81. The Hall–Kier alpha value is -2.86. The van der Waals surface area contributed by atoms with Crippen molar-refractivity contribution in [1.29, 1.82) is 0 Å². The van der Waals surface area contributed by atoms with Gasteiger partial charge in [0.05, 0.1) is 18.2 Å². The highest BCUT2D eigenvalue weighted by Crippen LogP contribution is 2.18. The van der Waals surface area contributed by atoms with Crippen LogP contribution in [0.5, 0.6) is 5.75 Å². The molecule has 1 amide bonds. The molecule has 0 aromatic heterocycles. The van der Waals surface area contributed by atoms with E-state index in [1.165, 1.54) is 12.1 Å². The zero-order valence-electron chi connectivity index (χ0n) is 15.7. The van der Waals surface area contributed by atoms with Crippen LogP contribution in [0.15, 0.2) is 48.5 Å². The highest BCUT2D eigenvalue weighted by molar-refractivity contribution is 5.87. The van der Waals surface area contributed by atoms with E-state index in [2.05, 4.69) is 5.32 Å². The van der Waals surface area contributed by atoms with Crippen molar-refractivity contribution in [3.63, 3.8) is 0 Å². The lowest BCUT2D eigenvalue weighted by molar-refractivity contribution is -0.137. The minimum atomic E-state index is -0.988. The third kappa shape index (κ3) is 5.82. The number of phenolic OH excluding ortho intramolecular Hbond substituents is 1. The number of ether oxygens (including phenoxy) is 1. The number of hydrogen-bond donors (Lipinski definition) is 3. The monoisotopic (exact) mass is 371 g/mol. The van der Waals surface area contributed by atoms with Crippen molar-refractivity contribution in [1.82, 2.24) is 5.32 Å².